The largest absolute Gasteiger partial charge is 0.351 e. The van der Waals surface area contributed by atoms with Crippen molar-refractivity contribution >= 4 is 29.3 Å². The van der Waals surface area contributed by atoms with E-state index in [0.29, 0.717) is 34.2 Å². The van der Waals surface area contributed by atoms with Crippen molar-refractivity contribution in [3.05, 3.63) is 70.0 Å². The van der Waals surface area contributed by atoms with Crippen LogP contribution >= 0.6 is 23.4 Å². The number of rotatable bonds is 8. The van der Waals surface area contributed by atoms with E-state index in [2.05, 4.69) is 22.3 Å². The Bertz CT molecular complexity index is 772. The number of thioether (sulfide) groups is 1. The Balaban J connectivity index is 1.39. The van der Waals surface area contributed by atoms with Crippen LogP contribution in [0.25, 0.3) is 0 Å². The van der Waals surface area contributed by atoms with E-state index in [-0.39, 0.29) is 11.7 Å². The summed E-state index contributed by atoms with van der Waals surface area (Å²) in [5, 5.41) is 3.37. The fraction of sp³-hybridized carbons (Fsp3) is 0.435. The Morgan fingerprint density at radius 3 is 2.48 bits per heavy atom. The molecule has 0 unspecified atom stereocenters. The molecule has 1 N–H and O–H groups in total. The van der Waals surface area contributed by atoms with Gasteiger partial charge in [-0.25, -0.2) is 4.39 Å². The summed E-state index contributed by atoms with van der Waals surface area (Å²) in [6.07, 6.45) is 5.23. The lowest BCUT2D eigenvalue weighted by Gasteiger charge is -2.19. The van der Waals surface area contributed by atoms with Crippen LogP contribution in [0.3, 0.4) is 0 Å². The van der Waals surface area contributed by atoms with Crippen LogP contribution in [0, 0.1) is 5.82 Å². The second-order valence-electron chi connectivity index (χ2n) is 7.40. The van der Waals surface area contributed by atoms with Crippen molar-refractivity contribution in [3.63, 3.8) is 0 Å². The van der Waals surface area contributed by atoms with Gasteiger partial charge >= 0.3 is 0 Å². The van der Waals surface area contributed by atoms with Gasteiger partial charge in [-0.05, 0) is 55.8 Å². The first kappa shape index (κ1) is 22.1. The van der Waals surface area contributed by atoms with Gasteiger partial charge in [-0.3, -0.25) is 9.69 Å². The van der Waals surface area contributed by atoms with Gasteiger partial charge in [-0.15, -0.1) is 0 Å². The number of nitrogens with zero attached hydrogens (tertiary/aromatic N) is 1. The molecule has 0 aromatic heterocycles. The summed E-state index contributed by atoms with van der Waals surface area (Å²) in [6, 6.07) is 12.6. The monoisotopic (exact) mass is 434 g/mol. The van der Waals surface area contributed by atoms with Gasteiger partial charge in [0.1, 0.15) is 5.82 Å². The Kier molecular flexibility index (Phi) is 8.84. The number of halogens is 2. The van der Waals surface area contributed by atoms with Crippen LogP contribution in [0.5, 0.6) is 0 Å². The molecular weight excluding hydrogens is 407 g/mol. The van der Waals surface area contributed by atoms with E-state index >= 15 is 0 Å². The molecule has 0 aliphatic carbocycles. The smallest absolute Gasteiger partial charge is 0.251 e. The van der Waals surface area contributed by atoms with Crippen LogP contribution in [0.15, 0.2) is 42.5 Å². The zero-order valence-electron chi connectivity index (χ0n) is 16.6. The molecular formula is C23H28ClFN2OS. The van der Waals surface area contributed by atoms with E-state index in [1.165, 1.54) is 37.3 Å². The second-order valence-corrected chi connectivity index (χ2v) is 8.91. The molecule has 0 saturated carbocycles. The lowest BCUT2D eigenvalue weighted by atomic mass is 10.1. The summed E-state index contributed by atoms with van der Waals surface area (Å²) in [5.41, 5.74) is 2.44. The average Bonchev–Trinajstić information content (AvgIpc) is 2.99. The summed E-state index contributed by atoms with van der Waals surface area (Å²) >= 11 is 7.58. The van der Waals surface area contributed by atoms with Gasteiger partial charge in [-0.1, -0.05) is 42.6 Å². The van der Waals surface area contributed by atoms with Crippen molar-refractivity contribution in [2.45, 2.75) is 38.0 Å². The normalized spacial score (nSPS) is 15.1. The first-order chi connectivity index (χ1) is 14.1. The molecule has 29 heavy (non-hydrogen) atoms. The van der Waals surface area contributed by atoms with Crippen LogP contribution in [0.4, 0.5) is 4.39 Å². The SMILES string of the molecule is O=C(NCCSCc1c(F)cccc1Cl)c1ccc(CN2CCCCCC2)cc1. The number of amides is 1. The highest BCUT2D eigenvalue weighted by Gasteiger charge is 2.11. The van der Waals surface area contributed by atoms with Crippen molar-refractivity contribution in [1.82, 2.24) is 10.2 Å². The number of carbonyl (C=O) groups is 1. The van der Waals surface area contributed by atoms with Crippen LogP contribution < -0.4 is 5.32 Å². The zero-order chi connectivity index (χ0) is 20.5. The summed E-state index contributed by atoms with van der Waals surface area (Å²) in [7, 11) is 0. The van der Waals surface area contributed by atoms with Gasteiger partial charge in [0.2, 0.25) is 0 Å². The molecule has 1 aliphatic heterocycles. The third-order valence-corrected chi connectivity index (χ3v) is 6.50. The van der Waals surface area contributed by atoms with Crippen molar-refractivity contribution < 1.29 is 9.18 Å². The highest BCUT2D eigenvalue weighted by molar-refractivity contribution is 7.98. The molecule has 156 valence electrons. The van der Waals surface area contributed by atoms with Gasteiger partial charge < -0.3 is 5.32 Å². The molecule has 1 saturated heterocycles. The number of hydrogen-bond donors (Lipinski definition) is 1. The lowest BCUT2D eigenvalue weighted by molar-refractivity contribution is 0.0956. The number of nitrogens with one attached hydrogen (secondary N) is 1. The fourth-order valence-electron chi connectivity index (χ4n) is 3.50. The molecule has 1 amide bonds. The van der Waals surface area contributed by atoms with E-state index < -0.39 is 0 Å². The van der Waals surface area contributed by atoms with Gasteiger partial charge in [0.25, 0.3) is 5.91 Å². The Hall–Kier alpha value is -1.56. The van der Waals surface area contributed by atoms with Crippen LogP contribution in [0.1, 0.15) is 47.2 Å². The van der Waals surface area contributed by atoms with E-state index in [1.807, 2.05) is 12.1 Å². The van der Waals surface area contributed by atoms with Crippen LogP contribution in [-0.2, 0) is 12.3 Å². The van der Waals surface area contributed by atoms with E-state index in [0.717, 1.165) is 19.6 Å². The molecule has 6 heteroatoms. The average molecular weight is 435 g/mol. The number of carbonyl (C=O) groups excluding carboxylic acids is 1. The molecule has 3 rings (SSSR count). The standard InChI is InChI=1S/C23H28ClFN2OS/c24-21-6-5-7-22(25)20(21)17-29-15-12-26-23(28)19-10-8-18(9-11-19)16-27-13-3-1-2-4-14-27/h5-11H,1-4,12-17H2,(H,26,28). The van der Waals surface area contributed by atoms with Crippen molar-refractivity contribution in [2.24, 2.45) is 0 Å². The lowest BCUT2D eigenvalue weighted by Crippen LogP contribution is -2.26. The van der Waals surface area contributed by atoms with Crippen molar-refractivity contribution in [1.29, 1.82) is 0 Å². The minimum atomic E-state index is -0.283. The van der Waals surface area contributed by atoms with E-state index in [9.17, 15) is 9.18 Å². The molecule has 1 fully saturated rings. The van der Waals surface area contributed by atoms with Crippen LogP contribution in [0.2, 0.25) is 5.02 Å². The maximum absolute atomic E-state index is 13.7. The molecule has 0 bridgehead atoms. The predicted molar refractivity (Wildman–Crippen MR) is 120 cm³/mol. The highest BCUT2D eigenvalue weighted by atomic mass is 35.5. The maximum Gasteiger partial charge on any atom is 0.251 e. The molecule has 1 aliphatic rings. The van der Waals surface area contributed by atoms with E-state index in [1.54, 1.807) is 23.9 Å². The minimum absolute atomic E-state index is 0.0733. The second kappa shape index (κ2) is 11.6. The molecule has 0 radical (unpaired) electrons. The van der Waals surface area contributed by atoms with Gasteiger partial charge in [0.15, 0.2) is 0 Å². The van der Waals surface area contributed by atoms with E-state index in [4.69, 9.17) is 11.6 Å². The maximum atomic E-state index is 13.7. The minimum Gasteiger partial charge on any atom is -0.351 e. The molecule has 2 aromatic carbocycles. The molecule has 0 spiro atoms. The summed E-state index contributed by atoms with van der Waals surface area (Å²) in [4.78, 5) is 14.8. The Morgan fingerprint density at radius 2 is 1.79 bits per heavy atom. The fourth-order valence-corrected chi connectivity index (χ4v) is 4.69. The number of hydrogen-bond acceptors (Lipinski definition) is 3. The predicted octanol–water partition coefficient (Wildman–Crippen LogP) is 5.52. The van der Waals surface area contributed by atoms with Crippen molar-refractivity contribution in [3.8, 4) is 0 Å². The van der Waals surface area contributed by atoms with Crippen LogP contribution in [-0.4, -0.2) is 36.2 Å². The van der Waals surface area contributed by atoms with Gasteiger partial charge in [0, 0.05) is 40.7 Å². The molecule has 3 nitrogen and oxygen atoms in total. The molecule has 1 heterocycles. The summed E-state index contributed by atoms with van der Waals surface area (Å²) < 4.78 is 13.7. The van der Waals surface area contributed by atoms with Gasteiger partial charge in [-0.2, -0.15) is 11.8 Å². The van der Waals surface area contributed by atoms with Crippen molar-refractivity contribution in [2.75, 3.05) is 25.4 Å². The third kappa shape index (κ3) is 7.02. The number of likely N-dealkylation sites (tertiary alicyclic amines) is 1. The van der Waals surface area contributed by atoms with Gasteiger partial charge in [0.05, 0.1) is 0 Å². The topological polar surface area (TPSA) is 32.3 Å². The third-order valence-electron chi connectivity index (χ3n) is 5.16. The Labute approximate surface area is 182 Å². The molecule has 0 atom stereocenters. The summed E-state index contributed by atoms with van der Waals surface area (Å²) in [5.74, 6) is 0.834. The number of benzene rings is 2. The highest BCUT2D eigenvalue weighted by Crippen LogP contribution is 2.23. The first-order valence-corrected chi connectivity index (χ1v) is 11.8. The quantitative estimate of drug-likeness (QED) is 0.555. The Morgan fingerprint density at radius 1 is 1.07 bits per heavy atom. The summed E-state index contributed by atoms with van der Waals surface area (Å²) in [6.45, 7) is 3.82. The zero-order valence-corrected chi connectivity index (χ0v) is 18.2. The first-order valence-electron chi connectivity index (χ1n) is 10.2. The molecule has 2 aromatic rings.